The van der Waals surface area contributed by atoms with E-state index in [1.165, 1.54) is 0 Å². The van der Waals surface area contributed by atoms with Gasteiger partial charge in [0.1, 0.15) is 17.6 Å². The van der Waals surface area contributed by atoms with Crippen LogP contribution in [0.25, 0.3) is 15.8 Å². The van der Waals surface area contributed by atoms with E-state index in [9.17, 15) is 4.79 Å². The molecule has 5 nitrogen and oxygen atoms in total. The van der Waals surface area contributed by atoms with Crippen molar-refractivity contribution >= 4 is 12.2 Å². The summed E-state index contributed by atoms with van der Waals surface area (Å²) in [7, 11) is 0. The van der Waals surface area contributed by atoms with Gasteiger partial charge in [0, 0.05) is 12.0 Å². The molecule has 3 atom stereocenters. The second-order valence-electron chi connectivity index (χ2n) is 9.18. The molecule has 1 aromatic carbocycles. The number of rotatable bonds is 5. The third kappa shape index (κ3) is 4.70. The first kappa shape index (κ1) is 23.1. The third-order valence-electron chi connectivity index (χ3n) is 5.86. The van der Waals surface area contributed by atoms with Crippen LogP contribution in [0.4, 0.5) is 4.79 Å². The molecular weight excluding hydrogens is 398 g/mol. The van der Waals surface area contributed by atoms with Crippen molar-refractivity contribution in [3.05, 3.63) is 94.8 Å². The molecule has 0 N–H and O–H groups in total. The Morgan fingerprint density at radius 3 is 2.53 bits per heavy atom. The Morgan fingerprint density at radius 2 is 1.94 bits per heavy atom. The van der Waals surface area contributed by atoms with Gasteiger partial charge < -0.3 is 4.74 Å². The zero-order valence-electron chi connectivity index (χ0n) is 18.9. The highest BCUT2D eigenvalue weighted by Crippen LogP contribution is 2.46. The van der Waals surface area contributed by atoms with E-state index in [1.807, 2.05) is 69.3 Å². The van der Waals surface area contributed by atoms with Crippen molar-refractivity contribution < 1.29 is 9.53 Å². The maximum Gasteiger partial charge on any atom is 0.510 e. The lowest BCUT2D eigenvalue weighted by molar-refractivity contribution is 0.0135. The van der Waals surface area contributed by atoms with E-state index < -0.39 is 11.3 Å². The number of benzene rings is 1. The number of hydrogen-bond acceptors (Lipinski definition) is 2. The maximum atomic E-state index is 12.9. The molecule has 1 saturated heterocycles. The molecule has 2 aliphatic rings. The molecule has 0 aliphatic carbocycles. The van der Waals surface area contributed by atoms with Gasteiger partial charge in [-0.1, -0.05) is 49.1 Å². The Balaban J connectivity index is 1.96. The fourth-order valence-corrected chi connectivity index (χ4v) is 4.51. The highest BCUT2D eigenvalue weighted by Gasteiger charge is 2.57. The minimum absolute atomic E-state index is 0.176. The van der Waals surface area contributed by atoms with Gasteiger partial charge in [0.2, 0.25) is 0 Å². The van der Waals surface area contributed by atoms with Gasteiger partial charge in [0.05, 0.1) is 6.04 Å². The number of hydrogen-bond donors (Lipinski definition) is 0. The standard InChI is InChI=1S/C27H29N3O2/c1-7-12-22-23(19-21-16-17-24(22)30(21)25(31)32-26(2,3)4)27(28-5,29-6)18-11-15-20-13-9-8-10-14-20/h8-15,19,21-22,24H,1,16-18H2,2-4H3/b15-11+/t21-,22-,24?/m1/s1. The highest BCUT2D eigenvalue weighted by atomic mass is 16.6. The summed E-state index contributed by atoms with van der Waals surface area (Å²) < 4.78 is 5.65. The molecule has 0 radical (unpaired) electrons. The van der Waals surface area contributed by atoms with E-state index >= 15 is 0 Å². The van der Waals surface area contributed by atoms with Crippen molar-refractivity contribution in [2.45, 2.75) is 63.4 Å². The van der Waals surface area contributed by atoms with E-state index in [0.717, 1.165) is 24.0 Å². The highest BCUT2D eigenvalue weighted by molar-refractivity contribution is 5.71. The van der Waals surface area contributed by atoms with Crippen molar-refractivity contribution in [3.8, 4) is 0 Å². The fourth-order valence-electron chi connectivity index (χ4n) is 4.51. The molecule has 1 unspecified atom stereocenters. The summed E-state index contributed by atoms with van der Waals surface area (Å²) in [6.45, 7) is 25.1. The second kappa shape index (κ2) is 9.31. The zero-order chi connectivity index (χ0) is 23.4. The van der Waals surface area contributed by atoms with E-state index in [1.54, 1.807) is 11.0 Å². The fraction of sp³-hybridized carbons (Fsp3) is 0.407. The van der Waals surface area contributed by atoms with E-state index in [0.29, 0.717) is 0 Å². The lowest BCUT2D eigenvalue weighted by Gasteiger charge is -2.38. The molecular formula is C27H29N3O2. The van der Waals surface area contributed by atoms with Crippen molar-refractivity contribution in [1.82, 2.24) is 4.90 Å². The molecule has 1 fully saturated rings. The monoisotopic (exact) mass is 427 g/mol. The zero-order valence-corrected chi connectivity index (χ0v) is 18.9. The van der Waals surface area contributed by atoms with Crippen LogP contribution >= 0.6 is 0 Å². The van der Waals surface area contributed by atoms with Crippen molar-refractivity contribution in [2.75, 3.05) is 0 Å². The van der Waals surface area contributed by atoms with Gasteiger partial charge in [-0.2, -0.15) is 0 Å². The summed E-state index contributed by atoms with van der Waals surface area (Å²) in [6.07, 6.45) is 9.04. The quantitative estimate of drug-likeness (QED) is 0.315. The number of amides is 1. The summed E-state index contributed by atoms with van der Waals surface area (Å²) in [4.78, 5) is 22.4. The van der Waals surface area contributed by atoms with E-state index in [2.05, 4.69) is 22.0 Å². The predicted molar refractivity (Wildman–Crippen MR) is 126 cm³/mol. The van der Waals surface area contributed by atoms with Crippen LogP contribution in [-0.2, 0) is 4.74 Å². The Hall–Kier alpha value is -3.53. The molecule has 2 heterocycles. The molecule has 0 saturated carbocycles. The van der Waals surface area contributed by atoms with Crippen molar-refractivity contribution in [1.29, 1.82) is 0 Å². The van der Waals surface area contributed by atoms with Gasteiger partial charge in [-0.3, -0.25) is 4.90 Å². The van der Waals surface area contributed by atoms with Crippen LogP contribution in [0.2, 0.25) is 0 Å². The van der Waals surface area contributed by atoms with Crippen LogP contribution in [0.5, 0.6) is 0 Å². The summed E-state index contributed by atoms with van der Waals surface area (Å²) in [5.74, 6) is -0.299. The first-order valence-corrected chi connectivity index (χ1v) is 10.8. The van der Waals surface area contributed by atoms with Gasteiger partial charge >= 0.3 is 11.8 Å². The van der Waals surface area contributed by atoms with Gasteiger partial charge in [-0.25, -0.2) is 27.6 Å². The minimum Gasteiger partial charge on any atom is -0.444 e. The van der Waals surface area contributed by atoms with Crippen molar-refractivity contribution in [3.63, 3.8) is 0 Å². The van der Waals surface area contributed by atoms with Crippen LogP contribution in [0.1, 0.15) is 45.6 Å². The van der Waals surface area contributed by atoms with Crippen molar-refractivity contribution in [2.24, 2.45) is 5.92 Å². The third-order valence-corrected chi connectivity index (χ3v) is 5.86. The molecule has 2 aliphatic heterocycles. The SMILES string of the molecule is [C-]#[N+]C(C/C=C/c1ccccc1)([N+]#[C-])C1=C[C@H]2CCC([C@@H]1C=C=C)N2C(=O)OC(C)(C)C. The molecule has 0 spiro atoms. The molecule has 1 amide bonds. The molecule has 0 aromatic heterocycles. The Kier molecular flexibility index (Phi) is 6.73. The predicted octanol–water partition coefficient (Wildman–Crippen LogP) is 6.29. The molecule has 1 aromatic rings. The summed E-state index contributed by atoms with van der Waals surface area (Å²) in [6, 6.07) is 9.46. The molecule has 3 rings (SSSR count). The Morgan fingerprint density at radius 1 is 1.25 bits per heavy atom. The first-order valence-electron chi connectivity index (χ1n) is 10.8. The lowest BCUT2D eigenvalue weighted by atomic mass is 9.79. The number of ether oxygens (including phenoxy) is 1. The maximum absolute atomic E-state index is 12.9. The van der Waals surface area contributed by atoms with Crippen LogP contribution < -0.4 is 0 Å². The number of nitrogens with zero attached hydrogens (tertiary/aromatic N) is 3. The van der Waals surface area contributed by atoms with Crippen LogP contribution in [0.15, 0.2) is 66.4 Å². The Labute approximate surface area is 191 Å². The van der Waals surface area contributed by atoms with Crippen LogP contribution in [0.3, 0.4) is 0 Å². The molecule has 32 heavy (non-hydrogen) atoms. The van der Waals surface area contributed by atoms with Crippen LogP contribution in [-0.4, -0.2) is 34.3 Å². The molecule has 164 valence electrons. The minimum atomic E-state index is -1.36. The van der Waals surface area contributed by atoms with Gasteiger partial charge in [0.15, 0.2) is 0 Å². The lowest BCUT2D eigenvalue weighted by Crippen LogP contribution is -2.51. The largest absolute Gasteiger partial charge is 0.510 e. The Bertz CT molecular complexity index is 1030. The van der Waals surface area contributed by atoms with E-state index in [-0.39, 0.29) is 30.5 Å². The topological polar surface area (TPSA) is 38.3 Å². The van der Waals surface area contributed by atoms with Gasteiger partial charge in [0.25, 0.3) is 0 Å². The normalized spacial score (nSPS) is 22.5. The smallest absolute Gasteiger partial charge is 0.444 e. The van der Waals surface area contributed by atoms with Crippen LogP contribution in [0, 0.1) is 19.1 Å². The summed E-state index contributed by atoms with van der Waals surface area (Å²) in [5.41, 5.74) is 2.65. The first-order chi connectivity index (χ1) is 15.2. The average molecular weight is 428 g/mol. The summed E-state index contributed by atoms with van der Waals surface area (Å²) >= 11 is 0. The number of carbonyl (C=O) groups excluding carboxylic acids is 1. The second-order valence-corrected chi connectivity index (χ2v) is 9.18. The van der Waals surface area contributed by atoms with E-state index in [4.69, 9.17) is 17.9 Å². The summed E-state index contributed by atoms with van der Waals surface area (Å²) in [5, 5.41) is 0. The molecule has 5 heteroatoms. The van der Waals surface area contributed by atoms with Gasteiger partial charge in [-0.05, 0) is 51.3 Å². The van der Waals surface area contributed by atoms with Gasteiger partial charge in [-0.15, -0.1) is 5.73 Å². The average Bonchev–Trinajstić information content (AvgIpc) is 3.09. The number of fused-ring (bicyclic) bond motifs is 2. The number of carbonyl (C=O) groups is 1. The molecule has 2 bridgehead atoms.